The lowest BCUT2D eigenvalue weighted by atomic mass is 10.1. The van der Waals surface area contributed by atoms with Crippen LogP contribution in [0.2, 0.25) is 0 Å². The monoisotopic (exact) mass is 240 g/mol. The van der Waals surface area contributed by atoms with Crippen LogP contribution in [0.1, 0.15) is 25.7 Å². The standard InChI is InChI=1S/C12H13FO2S/c13-9-4-3-5-10(8-9)16-12(11(14)15)6-1-2-7-12/h3-5,8H,1-2,6-7H2,(H,14,15). The maximum Gasteiger partial charge on any atom is 0.320 e. The predicted molar refractivity (Wildman–Crippen MR) is 61.1 cm³/mol. The first-order chi connectivity index (χ1) is 7.62. The number of carboxylic acids is 1. The van der Waals surface area contributed by atoms with E-state index in [9.17, 15) is 14.3 Å². The van der Waals surface area contributed by atoms with Crippen molar-refractivity contribution in [3.8, 4) is 0 Å². The van der Waals surface area contributed by atoms with Crippen molar-refractivity contribution in [2.75, 3.05) is 0 Å². The van der Waals surface area contributed by atoms with E-state index in [0.717, 1.165) is 12.8 Å². The van der Waals surface area contributed by atoms with E-state index in [0.29, 0.717) is 17.7 Å². The number of rotatable bonds is 3. The first-order valence-corrected chi connectivity index (χ1v) is 6.12. The third kappa shape index (κ3) is 2.21. The highest BCUT2D eigenvalue weighted by atomic mass is 32.2. The van der Waals surface area contributed by atoms with Crippen molar-refractivity contribution < 1.29 is 14.3 Å². The number of carboxylic acid groups (broad SMARTS) is 1. The van der Waals surface area contributed by atoms with Crippen LogP contribution in [0.25, 0.3) is 0 Å². The number of hydrogen-bond acceptors (Lipinski definition) is 2. The zero-order valence-corrected chi connectivity index (χ0v) is 9.60. The van der Waals surface area contributed by atoms with Crippen molar-refractivity contribution in [1.29, 1.82) is 0 Å². The van der Waals surface area contributed by atoms with Crippen molar-refractivity contribution in [1.82, 2.24) is 0 Å². The fraction of sp³-hybridized carbons (Fsp3) is 0.417. The smallest absolute Gasteiger partial charge is 0.320 e. The van der Waals surface area contributed by atoms with Crippen LogP contribution in [0.4, 0.5) is 4.39 Å². The zero-order valence-electron chi connectivity index (χ0n) is 8.78. The highest BCUT2D eigenvalue weighted by molar-refractivity contribution is 8.01. The molecule has 1 aromatic carbocycles. The van der Waals surface area contributed by atoms with Crippen molar-refractivity contribution in [3.63, 3.8) is 0 Å². The number of halogens is 1. The number of aliphatic carboxylic acids is 1. The van der Waals surface area contributed by atoms with Crippen LogP contribution in [0.3, 0.4) is 0 Å². The minimum atomic E-state index is -0.778. The Morgan fingerprint density at radius 3 is 2.62 bits per heavy atom. The summed E-state index contributed by atoms with van der Waals surface area (Å²) < 4.78 is 12.3. The van der Waals surface area contributed by atoms with E-state index in [1.807, 2.05) is 0 Å². The van der Waals surface area contributed by atoms with E-state index in [2.05, 4.69) is 0 Å². The normalized spacial score (nSPS) is 18.6. The van der Waals surface area contributed by atoms with Gasteiger partial charge in [-0.2, -0.15) is 0 Å². The molecule has 0 heterocycles. The lowest BCUT2D eigenvalue weighted by molar-refractivity contribution is -0.139. The van der Waals surface area contributed by atoms with Crippen molar-refractivity contribution in [2.24, 2.45) is 0 Å². The van der Waals surface area contributed by atoms with Crippen molar-refractivity contribution >= 4 is 17.7 Å². The summed E-state index contributed by atoms with van der Waals surface area (Å²) in [6.45, 7) is 0. The Morgan fingerprint density at radius 2 is 2.06 bits per heavy atom. The SMILES string of the molecule is O=C(O)C1(Sc2cccc(F)c2)CCCC1. The average Bonchev–Trinajstić information content (AvgIpc) is 2.67. The van der Waals surface area contributed by atoms with E-state index in [1.165, 1.54) is 23.9 Å². The molecular formula is C12H13FO2S. The molecule has 0 atom stereocenters. The van der Waals surface area contributed by atoms with Crippen LogP contribution in [-0.2, 0) is 4.79 Å². The van der Waals surface area contributed by atoms with Gasteiger partial charge < -0.3 is 5.11 Å². The van der Waals surface area contributed by atoms with Crippen LogP contribution in [0.15, 0.2) is 29.2 Å². The Morgan fingerprint density at radius 1 is 1.38 bits per heavy atom. The summed E-state index contributed by atoms with van der Waals surface area (Å²) >= 11 is 1.28. The molecule has 0 aliphatic heterocycles. The minimum Gasteiger partial charge on any atom is -0.480 e. The number of hydrogen-bond donors (Lipinski definition) is 1. The molecule has 1 fully saturated rings. The molecule has 1 aliphatic carbocycles. The van der Waals surface area contributed by atoms with Crippen molar-refractivity contribution in [2.45, 2.75) is 35.3 Å². The average molecular weight is 240 g/mol. The second-order valence-electron chi connectivity index (χ2n) is 4.07. The fourth-order valence-electron chi connectivity index (χ4n) is 2.06. The first-order valence-electron chi connectivity index (χ1n) is 5.30. The Kier molecular flexibility index (Phi) is 3.19. The number of thioether (sulfide) groups is 1. The molecule has 0 amide bonds. The maximum absolute atomic E-state index is 13.0. The van der Waals surface area contributed by atoms with E-state index in [1.54, 1.807) is 12.1 Å². The summed E-state index contributed by atoms with van der Waals surface area (Å²) in [5.41, 5.74) is 0. The summed E-state index contributed by atoms with van der Waals surface area (Å²) in [4.78, 5) is 12.0. The summed E-state index contributed by atoms with van der Waals surface area (Å²) in [5.74, 6) is -1.09. The Bertz CT molecular complexity index is 400. The van der Waals surface area contributed by atoms with Gasteiger partial charge in [0.1, 0.15) is 10.6 Å². The third-order valence-corrected chi connectivity index (χ3v) is 4.37. The topological polar surface area (TPSA) is 37.3 Å². The number of benzene rings is 1. The van der Waals surface area contributed by atoms with Crippen LogP contribution >= 0.6 is 11.8 Å². The molecule has 0 aromatic heterocycles. The van der Waals surface area contributed by atoms with Gasteiger partial charge in [-0.1, -0.05) is 18.9 Å². The summed E-state index contributed by atoms with van der Waals surface area (Å²) in [6.07, 6.45) is 3.22. The van der Waals surface area contributed by atoms with Crippen LogP contribution < -0.4 is 0 Å². The molecule has 0 unspecified atom stereocenters. The second-order valence-corrected chi connectivity index (χ2v) is 5.52. The van der Waals surface area contributed by atoms with Gasteiger partial charge in [0.2, 0.25) is 0 Å². The Balaban J connectivity index is 2.21. The maximum atomic E-state index is 13.0. The molecule has 86 valence electrons. The van der Waals surface area contributed by atoms with Gasteiger partial charge in [-0.3, -0.25) is 4.79 Å². The molecule has 0 saturated heterocycles. The van der Waals surface area contributed by atoms with Gasteiger partial charge >= 0.3 is 5.97 Å². The predicted octanol–water partition coefficient (Wildman–Crippen LogP) is 3.32. The molecule has 0 spiro atoms. The Hall–Kier alpha value is -1.03. The van der Waals surface area contributed by atoms with Crippen LogP contribution in [0.5, 0.6) is 0 Å². The molecule has 0 bridgehead atoms. The molecule has 1 N–H and O–H groups in total. The van der Waals surface area contributed by atoms with Gasteiger partial charge in [0.05, 0.1) is 0 Å². The lowest BCUT2D eigenvalue weighted by Gasteiger charge is -2.22. The molecule has 16 heavy (non-hydrogen) atoms. The quantitative estimate of drug-likeness (QED) is 0.880. The summed E-state index contributed by atoms with van der Waals surface area (Å²) in [5, 5.41) is 9.28. The molecule has 1 aromatic rings. The van der Waals surface area contributed by atoms with Gasteiger partial charge in [0.25, 0.3) is 0 Å². The molecule has 2 rings (SSSR count). The second kappa shape index (κ2) is 4.45. The van der Waals surface area contributed by atoms with Gasteiger partial charge in [0.15, 0.2) is 0 Å². The van der Waals surface area contributed by atoms with E-state index >= 15 is 0 Å². The third-order valence-electron chi connectivity index (χ3n) is 2.91. The van der Waals surface area contributed by atoms with Gasteiger partial charge in [0, 0.05) is 4.90 Å². The zero-order chi connectivity index (χ0) is 11.6. The first kappa shape index (κ1) is 11.5. The van der Waals surface area contributed by atoms with Gasteiger partial charge in [-0.15, -0.1) is 11.8 Å². The van der Waals surface area contributed by atoms with Crippen molar-refractivity contribution in [3.05, 3.63) is 30.1 Å². The van der Waals surface area contributed by atoms with E-state index in [-0.39, 0.29) is 5.82 Å². The largest absolute Gasteiger partial charge is 0.480 e. The minimum absolute atomic E-state index is 0.316. The van der Waals surface area contributed by atoms with Gasteiger partial charge in [-0.05, 0) is 31.0 Å². The lowest BCUT2D eigenvalue weighted by Crippen LogP contribution is -2.31. The molecule has 2 nitrogen and oxygen atoms in total. The van der Waals surface area contributed by atoms with E-state index in [4.69, 9.17) is 0 Å². The summed E-state index contributed by atoms with van der Waals surface area (Å²) in [6, 6.07) is 6.14. The van der Waals surface area contributed by atoms with E-state index < -0.39 is 10.7 Å². The fourth-order valence-corrected chi connectivity index (χ4v) is 3.41. The molecular weight excluding hydrogens is 227 g/mol. The summed E-state index contributed by atoms with van der Waals surface area (Å²) in [7, 11) is 0. The van der Waals surface area contributed by atoms with Crippen LogP contribution in [0, 0.1) is 5.82 Å². The molecule has 4 heteroatoms. The van der Waals surface area contributed by atoms with Gasteiger partial charge in [-0.25, -0.2) is 4.39 Å². The Labute approximate surface area is 97.9 Å². The molecule has 0 radical (unpaired) electrons. The highest BCUT2D eigenvalue weighted by Crippen LogP contribution is 2.45. The number of carbonyl (C=O) groups is 1. The van der Waals surface area contributed by atoms with Crippen LogP contribution in [-0.4, -0.2) is 15.8 Å². The molecule has 1 saturated carbocycles. The highest BCUT2D eigenvalue weighted by Gasteiger charge is 2.42. The molecule has 1 aliphatic rings.